The number of nitrogens with zero attached hydrogens (tertiary/aromatic N) is 2. The number of nitriles is 1. The van der Waals surface area contributed by atoms with Crippen molar-refractivity contribution in [3.8, 4) is 6.07 Å². The average molecular weight is 238 g/mol. The molecule has 4 heteroatoms. The Labute approximate surface area is 104 Å². The van der Waals surface area contributed by atoms with Crippen LogP contribution < -0.4 is 0 Å². The number of hydrogen-bond donors (Lipinski definition) is 0. The van der Waals surface area contributed by atoms with E-state index in [1.54, 1.807) is 31.3 Å². The first-order valence-corrected chi connectivity index (χ1v) is 5.33. The van der Waals surface area contributed by atoms with Crippen molar-refractivity contribution in [1.29, 1.82) is 5.26 Å². The Morgan fingerprint density at radius 3 is 2.56 bits per heavy atom. The highest BCUT2D eigenvalue weighted by molar-refractivity contribution is 6.12. The standard InChI is InChI=1S/C14H10N2O2/c1-16-11(8-15)7-12(13(16)9-17)14(18)10-5-3-2-4-6-10/h2-7,9H,1H3. The fourth-order valence-electron chi connectivity index (χ4n) is 1.79. The molecular weight excluding hydrogens is 228 g/mol. The summed E-state index contributed by atoms with van der Waals surface area (Å²) in [5.41, 5.74) is 1.27. The normalized spacial score (nSPS) is 9.78. The largest absolute Gasteiger partial charge is 0.333 e. The number of benzene rings is 1. The molecule has 0 atom stereocenters. The van der Waals surface area contributed by atoms with E-state index >= 15 is 0 Å². The van der Waals surface area contributed by atoms with Crippen molar-refractivity contribution in [3.05, 3.63) is 58.9 Å². The molecule has 0 aliphatic rings. The van der Waals surface area contributed by atoms with Crippen LogP contribution in [-0.4, -0.2) is 16.6 Å². The summed E-state index contributed by atoms with van der Waals surface area (Å²) in [6, 6.07) is 12.1. The first kappa shape index (κ1) is 11.8. The quantitative estimate of drug-likeness (QED) is 0.606. The van der Waals surface area contributed by atoms with Gasteiger partial charge in [-0.25, -0.2) is 0 Å². The molecular formula is C14H10N2O2. The van der Waals surface area contributed by atoms with Gasteiger partial charge >= 0.3 is 0 Å². The molecule has 0 spiro atoms. The Morgan fingerprint density at radius 1 is 1.33 bits per heavy atom. The van der Waals surface area contributed by atoms with Gasteiger partial charge in [-0.1, -0.05) is 30.3 Å². The molecule has 2 rings (SSSR count). The van der Waals surface area contributed by atoms with E-state index in [1.165, 1.54) is 10.6 Å². The van der Waals surface area contributed by atoms with Gasteiger partial charge in [0.15, 0.2) is 12.1 Å². The number of carbonyl (C=O) groups is 2. The molecule has 0 fully saturated rings. The maximum absolute atomic E-state index is 12.2. The molecule has 88 valence electrons. The second kappa shape index (κ2) is 4.68. The van der Waals surface area contributed by atoms with Gasteiger partial charge < -0.3 is 4.57 Å². The van der Waals surface area contributed by atoms with E-state index in [0.29, 0.717) is 11.8 Å². The highest BCUT2D eigenvalue weighted by Crippen LogP contribution is 2.17. The lowest BCUT2D eigenvalue weighted by atomic mass is 10.0. The minimum Gasteiger partial charge on any atom is -0.333 e. The number of ketones is 1. The Morgan fingerprint density at radius 2 is 2.00 bits per heavy atom. The van der Waals surface area contributed by atoms with E-state index in [1.807, 2.05) is 12.1 Å². The summed E-state index contributed by atoms with van der Waals surface area (Å²) >= 11 is 0. The fraction of sp³-hybridized carbons (Fsp3) is 0.0714. The van der Waals surface area contributed by atoms with Gasteiger partial charge in [-0.2, -0.15) is 5.26 Å². The zero-order valence-corrected chi connectivity index (χ0v) is 9.75. The predicted molar refractivity (Wildman–Crippen MR) is 65.4 cm³/mol. The van der Waals surface area contributed by atoms with E-state index in [4.69, 9.17) is 5.26 Å². The van der Waals surface area contributed by atoms with Crippen molar-refractivity contribution in [2.75, 3.05) is 0 Å². The van der Waals surface area contributed by atoms with Crippen molar-refractivity contribution >= 4 is 12.1 Å². The molecule has 1 aromatic carbocycles. The van der Waals surface area contributed by atoms with Gasteiger partial charge in [0.2, 0.25) is 0 Å². The molecule has 0 saturated carbocycles. The minimum atomic E-state index is -0.255. The molecule has 0 saturated heterocycles. The number of aromatic nitrogens is 1. The molecule has 18 heavy (non-hydrogen) atoms. The highest BCUT2D eigenvalue weighted by atomic mass is 16.1. The lowest BCUT2D eigenvalue weighted by molar-refractivity contribution is 0.102. The van der Waals surface area contributed by atoms with Crippen molar-refractivity contribution in [1.82, 2.24) is 4.57 Å². The van der Waals surface area contributed by atoms with Gasteiger partial charge in [0, 0.05) is 12.6 Å². The SMILES string of the molecule is Cn1c(C#N)cc(C(=O)c2ccccc2)c1C=O. The third kappa shape index (κ3) is 1.82. The summed E-state index contributed by atoms with van der Waals surface area (Å²) in [5.74, 6) is -0.255. The number of aldehydes is 1. The van der Waals surface area contributed by atoms with E-state index in [9.17, 15) is 9.59 Å². The van der Waals surface area contributed by atoms with Gasteiger partial charge in [-0.3, -0.25) is 9.59 Å². The molecule has 0 aliphatic heterocycles. The molecule has 0 unspecified atom stereocenters. The number of hydrogen-bond acceptors (Lipinski definition) is 3. The zero-order valence-electron chi connectivity index (χ0n) is 9.75. The summed E-state index contributed by atoms with van der Waals surface area (Å²) in [6.45, 7) is 0. The molecule has 0 N–H and O–H groups in total. The monoisotopic (exact) mass is 238 g/mol. The molecule has 1 aromatic heterocycles. The van der Waals surface area contributed by atoms with Crippen LogP contribution in [0.4, 0.5) is 0 Å². The second-order valence-corrected chi connectivity index (χ2v) is 3.81. The first-order chi connectivity index (χ1) is 8.69. The maximum Gasteiger partial charge on any atom is 0.195 e. The van der Waals surface area contributed by atoms with Gasteiger partial charge in [0.25, 0.3) is 0 Å². The van der Waals surface area contributed by atoms with Crippen LogP contribution >= 0.6 is 0 Å². The van der Waals surface area contributed by atoms with Crippen LogP contribution in [0.5, 0.6) is 0 Å². The van der Waals surface area contributed by atoms with E-state index in [-0.39, 0.29) is 22.7 Å². The molecule has 0 radical (unpaired) electrons. The number of carbonyl (C=O) groups excluding carboxylic acids is 2. The summed E-state index contributed by atoms with van der Waals surface area (Å²) in [4.78, 5) is 23.3. The van der Waals surface area contributed by atoms with Gasteiger partial charge in [0.1, 0.15) is 11.8 Å². The average Bonchev–Trinajstić information content (AvgIpc) is 2.75. The van der Waals surface area contributed by atoms with E-state index < -0.39 is 0 Å². The Hall–Kier alpha value is -2.67. The zero-order chi connectivity index (χ0) is 13.1. The highest BCUT2D eigenvalue weighted by Gasteiger charge is 2.19. The lowest BCUT2D eigenvalue weighted by Crippen LogP contribution is -2.05. The van der Waals surface area contributed by atoms with Gasteiger partial charge in [-0.15, -0.1) is 0 Å². The molecule has 2 aromatic rings. The van der Waals surface area contributed by atoms with Gasteiger partial charge in [0.05, 0.1) is 11.3 Å². The van der Waals surface area contributed by atoms with Crippen LogP contribution in [0.3, 0.4) is 0 Å². The molecule has 0 amide bonds. The van der Waals surface area contributed by atoms with Crippen LogP contribution in [0.1, 0.15) is 32.1 Å². The third-order valence-electron chi connectivity index (χ3n) is 2.79. The Bertz CT molecular complexity index is 648. The molecule has 0 aliphatic carbocycles. The van der Waals surface area contributed by atoms with Crippen LogP contribution in [0.2, 0.25) is 0 Å². The van der Waals surface area contributed by atoms with E-state index in [0.717, 1.165) is 0 Å². The van der Waals surface area contributed by atoms with Crippen molar-refractivity contribution < 1.29 is 9.59 Å². The molecule has 4 nitrogen and oxygen atoms in total. The second-order valence-electron chi connectivity index (χ2n) is 3.81. The summed E-state index contributed by atoms with van der Waals surface area (Å²) in [7, 11) is 1.59. The topological polar surface area (TPSA) is 62.9 Å². The number of rotatable bonds is 3. The summed E-state index contributed by atoms with van der Waals surface area (Å²) in [5, 5.41) is 8.91. The van der Waals surface area contributed by atoms with Gasteiger partial charge in [-0.05, 0) is 6.07 Å². The predicted octanol–water partition coefficient (Wildman–Crippen LogP) is 1.94. The van der Waals surface area contributed by atoms with Crippen molar-refractivity contribution in [3.63, 3.8) is 0 Å². The summed E-state index contributed by atoms with van der Waals surface area (Å²) < 4.78 is 1.42. The van der Waals surface area contributed by atoms with Crippen LogP contribution in [-0.2, 0) is 7.05 Å². The molecule has 1 heterocycles. The van der Waals surface area contributed by atoms with Crippen molar-refractivity contribution in [2.45, 2.75) is 0 Å². The lowest BCUT2D eigenvalue weighted by Gasteiger charge is -2.00. The Kier molecular flexibility index (Phi) is 3.07. The Balaban J connectivity index is 2.56. The summed E-state index contributed by atoms with van der Waals surface area (Å²) in [6.07, 6.45) is 0.594. The first-order valence-electron chi connectivity index (χ1n) is 5.33. The van der Waals surface area contributed by atoms with Crippen LogP contribution in [0.25, 0.3) is 0 Å². The van der Waals surface area contributed by atoms with Crippen LogP contribution in [0, 0.1) is 11.3 Å². The van der Waals surface area contributed by atoms with Crippen molar-refractivity contribution in [2.24, 2.45) is 7.05 Å². The van der Waals surface area contributed by atoms with E-state index in [2.05, 4.69) is 0 Å². The smallest absolute Gasteiger partial charge is 0.195 e. The third-order valence-corrected chi connectivity index (χ3v) is 2.79. The minimum absolute atomic E-state index is 0.223. The maximum atomic E-state index is 12.2. The molecule has 0 bridgehead atoms. The fourth-order valence-corrected chi connectivity index (χ4v) is 1.79. The van der Waals surface area contributed by atoms with Crippen LogP contribution in [0.15, 0.2) is 36.4 Å².